The van der Waals surface area contributed by atoms with Crippen molar-refractivity contribution in [3.8, 4) is 0 Å². The zero-order chi connectivity index (χ0) is 17.0. The summed E-state index contributed by atoms with van der Waals surface area (Å²) in [5, 5.41) is 0. The lowest BCUT2D eigenvalue weighted by atomic mass is 10.1. The van der Waals surface area contributed by atoms with Crippen LogP contribution in [0, 0.1) is 0 Å². The first kappa shape index (κ1) is 17.4. The minimum Gasteiger partial charge on any atom is -0.341 e. The molecule has 6 nitrogen and oxygen atoms in total. The van der Waals surface area contributed by atoms with Crippen LogP contribution in [0.25, 0.3) is 0 Å². The van der Waals surface area contributed by atoms with Crippen molar-refractivity contribution in [3.05, 3.63) is 35.9 Å². The van der Waals surface area contributed by atoms with Crippen LogP contribution in [0.5, 0.6) is 0 Å². The lowest BCUT2D eigenvalue weighted by Crippen LogP contribution is -2.47. The summed E-state index contributed by atoms with van der Waals surface area (Å²) in [5.74, 6) is -0.171. The number of rotatable bonds is 6. The Kier molecular flexibility index (Phi) is 5.53. The third-order valence-electron chi connectivity index (χ3n) is 4.75. The second kappa shape index (κ2) is 7.63. The van der Waals surface area contributed by atoms with Crippen LogP contribution in [-0.2, 0) is 15.0 Å². The Morgan fingerprint density at radius 3 is 2.29 bits per heavy atom. The fourth-order valence-corrected chi connectivity index (χ4v) is 4.77. The summed E-state index contributed by atoms with van der Waals surface area (Å²) in [4.78, 5) is 14.6. The number of nitrogens with zero attached hydrogens (tertiary/aromatic N) is 1. The molecule has 24 heavy (non-hydrogen) atoms. The maximum Gasteiger partial charge on any atom is 0.278 e. The van der Waals surface area contributed by atoms with Gasteiger partial charge in [-0.2, -0.15) is 17.9 Å². The summed E-state index contributed by atoms with van der Waals surface area (Å²) >= 11 is 0. The van der Waals surface area contributed by atoms with Gasteiger partial charge in [-0.3, -0.25) is 4.79 Å². The quantitative estimate of drug-likeness (QED) is 0.819. The van der Waals surface area contributed by atoms with Gasteiger partial charge in [0.05, 0.1) is 0 Å². The first-order valence-electron chi connectivity index (χ1n) is 8.68. The predicted octanol–water partition coefficient (Wildman–Crippen LogP) is 1.72. The highest BCUT2D eigenvalue weighted by atomic mass is 32.2. The summed E-state index contributed by atoms with van der Waals surface area (Å²) in [6, 6.07) is 8.17. The molecular weight excluding hydrogens is 326 g/mol. The Bertz CT molecular complexity index is 651. The largest absolute Gasteiger partial charge is 0.341 e. The highest BCUT2D eigenvalue weighted by molar-refractivity contribution is 7.87. The number of nitrogens with one attached hydrogen (secondary N) is 2. The SMILES string of the molecule is O=C(C(NS(=O)(=O)NC1CCCC1)c1ccccc1)N1CCCC1. The molecule has 1 saturated heterocycles. The first-order chi connectivity index (χ1) is 11.6. The van der Waals surface area contributed by atoms with Crippen LogP contribution >= 0.6 is 0 Å². The highest BCUT2D eigenvalue weighted by Gasteiger charge is 2.32. The van der Waals surface area contributed by atoms with Crippen molar-refractivity contribution < 1.29 is 13.2 Å². The molecular formula is C17H25N3O3S. The molecule has 1 saturated carbocycles. The maximum atomic E-state index is 12.8. The third kappa shape index (κ3) is 4.34. The van der Waals surface area contributed by atoms with Gasteiger partial charge in [0.25, 0.3) is 10.2 Å². The molecule has 0 radical (unpaired) electrons. The van der Waals surface area contributed by atoms with Crippen LogP contribution in [0.3, 0.4) is 0 Å². The van der Waals surface area contributed by atoms with E-state index in [-0.39, 0.29) is 11.9 Å². The summed E-state index contributed by atoms with van der Waals surface area (Å²) in [6.45, 7) is 1.39. The Morgan fingerprint density at radius 2 is 1.67 bits per heavy atom. The van der Waals surface area contributed by atoms with Crippen LogP contribution in [-0.4, -0.2) is 38.4 Å². The molecule has 2 N–H and O–H groups in total. The van der Waals surface area contributed by atoms with E-state index < -0.39 is 16.3 Å². The molecule has 1 aliphatic heterocycles. The van der Waals surface area contributed by atoms with Crippen molar-refractivity contribution in [1.82, 2.24) is 14.3 Å². The molecule has 0 spiro atoms. The van der Waals surface area contributed by atoms with Gasteiger partial charge in [-0.1, -0.05) is 43.2 Å². The maximum absolute atomic E-state index is 12.8. The smallest absolute Gasteiger partial charge is 0.278 e. The minimum atomic E-state index is -3.73. The van der Waals surface area contributed by atoms with Gasteiger partial charge in [0, 0.05) is 19.1 Å². The zero-order valence-corrected chi connectivity index (χ0v) is 14.6. The van der Waals surface area contributed by atoms with E-state index in [1.54, 1.807) is 17.0 Å². The van der Waals surface area contributed by atoms with Gasteiger partial charge in [0.2, 0.25) is 5.91 Å². The number of benzene rings is 1. The molecule has 1 aromatic rings. The fraction of sp³-hybridized carbons (Fsp3) is 0.588. The van der Waals surface area contributed by atoms with Gasteiger partial charge in [0.1, 0.15) is 6.04 Å². The van der Waals surface area contributed by atoms with Crippen molar-refractivity contribution in [1.29, 1.82) is 0 Å². The van der Waals surface area contributed by atoms with E-state index in [9.17, 15) is 13.2 Å². The van der Waals surface area contributed by atoms with E-state index in [0.717, 1.165) is 38.5 Å². The molecule has 1 atom stereocenters. The molecule has 2 fully saturated rings. The summed E-state index contributed by atoms with van der Waals surface area (Å²) in [6.07, 6.45) is 5.75. The van der Waals surface area contributed by atoms with Crippen molar-refractivity contribution in [3.63, 3.8) is 0 Å². The van der Waals surface area contributed by atoms with E-state index in [4.69, 9.17) is 0 Å². The molecule has 1 amide bonds. The summed E-state index contributed by atoms with van der Waals surface area (Å²) in [5.41, 5.74) is 0.672. The number of carbonyl (C=O) groups is 1. The van der Waals surface area contributed by atoms with Gasteiger partial charge in [-0.25, -0.2) is 0 Å². The molecule has 7 heteroatoms. The Morgan fingerprint density at radius 1 is 1.04 bits per heavy atom. The summed E-state index contributed by atoms with van der Waals surface area (Å²) < 4.78 is 30.3. The molecule has 2 aliphatic rings. The number of carbonyl (C=O) groups excluding carboxylic acids is 1. The van der Waals surface area contributed by atoms with Gasteiger partial charge in [-0.05, 0) is 31.2 Å². The molecule has 1 aromatic carbocycles. The Labute approximate surface area is 143 Å². The van der Waals surface area contributed by atoms with Crippen molar-refractivity contribution >= 4 is 16.1 Å². The minimum absolute atomic E-state index is 0.0270. The second-order valence-electron chi connectivity index (χ2n) is 6.60. The topological polar surface area (TPSA) is 78.5 Å². The number of hydrogen-bond acceptors (Lipinski definition) is 3. The molecule has 1 aliphatic carbocycles. The van der Waals surface area contributed by atoms with E-state index >= 15 is 0 Å². The first-order valence-corrected chi connectivity index (χ1v) is 10.2. The lowest BCUT2D eigenvalue weighted by molar-refractivity contribution is -0.132. The van der Waals surface area contributed by atoms with Gasteiger partial charge >= 0.3 is 0 Å². The summed E-state index contributed by atoms with van der Waals surface area (Å²) in [7, 11) is -3.73. The van der Waals surface area contributed by atoms with E-state index in [1.165, 1.54) is 0 Å². The number of likely N-dealkylation sites (tertiary alicyclic amines) is 1. The van der Waals surface area contributed by atoms with E-state index in [2.05, 4.69) is 9.44 Å². The Balaban J connectivity index is 1.77. The normalized spacial score (nSPS) is 20.4. The van der Waals surface area contributed by atoms with Crippen LogP contribution in [0.15, 0.2) is 30.3 Å². The number of amides is 1. The van der Waals surface area contributed by atoms with Crippen LogP contribution in [0.2, 0.25) is 0 Å². The van der Waals surface area contributed by atoms with E-state index in [0.29, 0.717) is 18.7 Å². The van der Waals surface area contributed by atoms with Crippen LogP contribution in [0.4, 0.5) is 0 Å². The standard InChI is InChI=1S/C17H25N3O3S/c21-17(20-12-6-7-13-20)16(14-8-2-1-3-9-14)19-24(22,23)18-15-10-4-5-11-15/h1-3,8-9,15-16,18-19H,4-7,10-13H2. The molecule has 3 rings (SSSR count). The predicted molar refractivity (Wildman–Crippen MR) is 92.4 cm³/mol. The lowest BCUT2D eigenvalue weighted by Gasteiger charge is -2.25. The van der Waals surface area contributed by atoms with Crippen molar-refractivity contribution in [2.24, 2.45) is 0 Å². The monoisotopic (exact) mass is 351 g/mol. The average Bonchev–Trinajstić information content (AvgIpc) is 3.26. The van der Waals surface area contributed by atoms with Gasteiger partial charge in [-0.15, -0.1) is 0 Å². The molecule has 1 heterocycles. The number of hydrogen-bond donors (Lipinski definition) is 2. The molecule has 132 valence electrons. The third-order valence-corrected chi connectivity index (χ3v) is 5.94. The van der Waals surface area contributed by atoms with Crippen molar-refractivity contribution in [2.45, 2.75) is 50.6 Å². The molecule has 0 aromatic heterocycles. The van der Waals surface area contributed by atoms with Crippen LogP contribution < -0.4 is 9.44 Å². The molecule has 0 bridgehead atoms. The Hall–Kier alpha value is -1.44. The van der Waals surface area contributed by atoms with Gasteiger partial charge < -0.3 is 4.90 Å². The van der Waals surface area contributed by atoms with Crippen LogP contribution in [0.1, 0.15) is 50.1 Å². The average molecular weight is 351 g/mol. The fourth-order valence-electron chi connectivity index (χ4n) is 3.48. The zero-order valence-electron chi connectivity index (χ0n) is 13.8. The molecule has 1 unspecified atom stereocenters. The highest BCUT2D eigenvalue weighted by Crippen LogP contribution is 2.21. The second-order valence-corrected chi connectivity index (χ2v) is 8.07. The van der Waals surface area contributed by atoms with E-state index in [1.807, 2.05) is 18.2 Å². The van der Waals surface area contributed by atoms with Gasteiger partial charge in [0.15, 0.2) is 0 Å². The van der Waals surface area contributed by atoms with Crippen molar-refractivity contribution in [2.75, 3.05) is 13.1 Å².